The number of aliphatic hydroxyl groups excluding tert-OH is 1. The summed E-state index contributed by atoms with van der Waals surface area (Å²) in [6.07, 6.45) is 0.369. The van der Waals surface area contributed by atoms with Crippen LogP contribution in [0, 0.1) is 5.82 Å². The second kappa shape index (κ2) is 5.23. The van der Waals surface area contributed by atoms with Gasteiger partial charge in [0.05, 0.1) is 12.1 Å². The Morgan fingerprint density at radius 3 is 2.64 bits per heavy atom. The molecule has 0 amide bonds. The van der Waals surface area contributed by atoms with E-state index in [0.29, 0.717) is 11.6 Å². The number of hydrogen-bond acceptors (Lipinski definition) is 2. The molecule has 1 aromatic heterocycles. The molecule has 1 saturated heterocycles. The number of β-amino-alcohol motifs (C(OH)–C–C–N with tert-alkyl or cyclic N) is 1. The smallest absolute Gasteiger partial charge is 0.123 e. The average Bonchev–Trinajstić information content (AvgIpc) is 2.81. The summed E-state index contributed by atoms with van der Waals surface area (Å²) in [6.45, 7) is 1.43. The maximum atomic E-state index is 13.7. The third-order valence-corrected chi connectivity index (χ3v) is 4.71. The first-order chi connectivity index (χ1) is 10.6. The molecule has 2 aromatic carbocycles. The quantitative estimate of drug-likeness (QED) is 0.721. The summed E-state index contributed by atoms with van der Waals surface area (Å²) in [5, 5.41) is 16.0. The third-order valence-electron chi connectivity index (χ3n) is 4.47. The maximum absolute atomic E-state index is 13.7. The SMILES string of the molecule is OC1CNCCC1n1c2ccc(F)cc2c2cc(Cl)ccc21. The van der Waals surface area contributed by atoms with E-state index in [1.165, 1.54) is 12.1 Å². The van der Waals surface area contributed by atoms with Gasteiger partial charge in [0.2, 0.25) is 0 Å². The topological polar surface area (TPSA) is 37.2 Å². The van der Waals surface area contributed by atoms with Crippen molar-refractivity contribution in [3.63, 3.8) is 0 Å². The number of halogens is 2. The van der Waals surface area contributed by atoms with Crippen LogP contribution in [-0.4, -0.2) is 28.9 Å². The summed E-state index contributed by atoms with van der Waals surface area (Å²) in [7, 11) is 0. The highest BCUT2D eigenvalue weighted by atomic mass is 35.5. The van der Waals surface area contributed by atoms with Gasteiger partial charge < -0.3 is 15.0 Å². The van der Waals surface area contributed by atoms with Crippen molar-refractivity contribution in [3.8, 4) is 0 Å². The number of nitrogens with zero attached hydrogens (tertiary/aromatic N) is 1. The summed E-state index contributed by atoms with van der Waals surface area (Å²) < 4.78 is 15.8. The molecule has 1 fully saturated rings. The lowest BCUT2D eigenvalue weighted by molar-refractivity contribution is 0.0913. The Balaban J connectivity index is 2.06. The Morgan fingerprint density at radius 1 is 1.14 bits per heavy atom. The van der Waals surface area contributed by atoms with E-state index in [1.54, 1.807) is 6.07 Å². The Morgan fingerprint density at radius 2 is 1.86 bits per heavy atom. The average molecular weight is 319 g/mol. The van der Waals surface area contributed by atoms with E-state index in [2.05, 4.69) is 9.88 Å². The number of aliphatic hydroxyl groups is 1. The Kier molecular flexibility index (Phi) is 3.33. The van der Waals surface area contributed by atoms with Crippen molar-refractivity contribution in [1.29, 1.82) is 0 Å². The Hall–Kier alpha value is -1.62. The molecule has 3 aromatic rings. The van der Waals surface area contributed by atoms with E-state index in [9.17, 15) is 9.50 Å². The van der Waals surface area contributed by atoms with E-state index in [1.807, 2.05) is 18.2 Å². The monoisotopic (exact) mass is 318 g/mol. The number of aromatic nitrogens is 1. The van der Waals surface area contributed by atoms with Gasteiger partial charge in [-0.1, -0.05) is 11.6 Å². The predicted molar refractivity (Wildman–Crippen MR) is 86.9 cm³/mol. The fraction of sp³-hybridized carbons (Fsp3) is 0.294. The second-order valence-electron chi connectivity index (χ2n) is 5.82. The minimum absolute atomic E-state index is 0.0205. The number of benzene rings is 2. The van der Waals surface area contributed by atoms with Crippen molar-refractivity contribution in [2.75, 3.05) is 13.1 Å². The number of nitrogens with one attached hydrogen (secondary N) is 1. The van der Waals surface area contributed by atoms with Crippen LogP contribution in [0.25, 0.3) is 21.8 Å². The molecule has 5 heteroatoms. The first-order valence-electron chi connectivity index (χ1n) is 7.42. The van der Waals surface area contributed by atoms with E-state index in [4.69, 9.17) is 11.6 Å². The van der Waals surface area contributed by atoms with Crippen LogP contribution < -0.4 is 5.32 Å². The van der Waals surface area contributed by atoms with Gasteiger partial charge in [-0.2, -0.15) is 0 Å². The van der Waals surface area contributed by atoms with Crippen LogP contribution in [0.1, 0.15) is 12.5 Å². The molecule has 114 valence electrons. The van der Waals surface area contributed by atoms with Crippen molar-refractivity contribution in [2.24, 2.45) is 0 Å². The van der Waals surface area contributed by atoms with Crippen LogP contribution in [0.2, 0.25) is 5.02 Å². The predicted octanol–water partition coefficient (Wildman–Crippen LogP) is 3.48. The lowest BCUT2D eigenvalue weighted by Gasteiger charge is -2.31. The molecule has 2 atom stereocenters. The number of rotatable bonds is 1. The normalized spacial score (nSPS) is 22.5. The van der Waals surface area contributed by atoms with Crippen LogP contribution in [0.5, 0.6) is 0 Å². The van der Waals surface area contributed by atoms with E-state index < -0.39 is 6.10 Å². The van der Waals surface area contributed by atoms with Crippen LogP contribution in [0.4, 0.5) is 4.39 Å². The Bertz CT molecular complexity index is 801. The molecule has 0 radical (unpaired) electrons. The summed E-state index contributed by atoms with van der Waals surface area (Å²) in [5.41, 5.74) is 1.92. The van der Waals surface area contributed by atoms with Gasteiger partial charge in [-0.05, 0) is 49.4 Å². The zero-order chi connectivity index (χ0) is 15.3. The molecule has 2 unspecified atom stereocenters. The second-order valence-corrected chi connectivity index (χ2v) is 6.26. The molecular weight excluding hydrogens is 303 g/mol. The van der Waals surface area contributed by atoms with Crippen molar-refractivity contribution in [1.82, 2.24) is 9.88 Å². The lowest BCUT2D eigenvalue weighted by atomic mass is 10.0. The van der Waals surface area contributed by atoms with Crippen LogP contribution in [-0.2, 0) is 0 Å². The largest absolute Gasteiger partial charge is 0.390 e. The highest BCUT2D eigenvalue weighted by Gasteiger charge is 2.27. The van der Waals surface area contributed by atoms with Gasteiger partial charge in [0.15, 0.2) is 0 Å². The van der Waals surface area contributed by atoms with Crippen molar-refractivity contribution in [3.05, 3.63) is 47.2 Å². The fourth-order valence-electron chi connectivity index (χ4n) is 3.48. The molecule has 2 heterocycles. The molecule has 0 saturated carbocycles. The van der Waals surface area contributed by atoms with Gasteiger partial charge in [-0.25, -0.2) is 4.39 Å². The first-order valence-corrected chi connectivity index (χ1v) is 7.80. The van der Waals surface area contributed by atoms with Gasteiger partial charge in [0.25, 0.3) is 0 Å². The highest BCUT2D eigenvalue weighted by Crippen LogP contribution is 2.36. The zero-order valence-corrected chi connectivity index (χ0v) is 12.6. The molecule has 0 bridgehead atoms. The standard InChI is InChI=1S/C17H16ClFN2O/c18-10-1-3-14-12(7-10)13-8-11(19)2-4-15(13)21(14)16-5-6-20-9-17(16)22/h1-4,7-8,16-17,20,22H,5-6,9H2. The number of hydrogen-bond donors (Lipinski definition) is 2. The lowest BCUT2D eigenvalue weighted by Crippen LogP contribution is -2.41. The fourth-order valence-corrected chi connectivity index (χ4v) is 3.66. The summed E-state index contributed by atoms with van der Waals surface area (Å²) in [5.74, 6) is -0.266. The van der Waals surface area contributed by atoms with Gasteiger partial charge in [0, 0.05) is 33.4 Å². The minimum Gasteiger partial charge on any atom is -0.390 e. The highest BCUT2D eigenvalue weighted by molar-refractivity contribution is 6.31. The van der Waals surface area contributed by atoms with Gasteiger partial charge in [0.1, 0.15) is 5.82 Å². The number of fused-ring (bicyclic) bond motifs is 3. The first kappa shape index (κ1) is 14.0. The molecular formula is C17H16ClFN2O. The third kappa shape index (κ3) is 2.10. The van der Waals surface area contributed by atoms with E-state index >= 15 is 0 Å². The van der Waals surface area contributed by atoms with E-state index in [0.717, 1.165) is 34.8 Å². The summed E-state index contributed by atoms with van der Waals surface area (Å²) in [6, 6.07) is 10.4. The maximum Gasteiger partial charge on any atom is 0.123 e. The minimum atomic E-state index is -0.465. The van der Waals surface area contributed by atoms with E-state index in [-0.39, 0.29) is 11.9 Å². The molecule has 22 heavy (non-hydrogen) atoms. The van der Waals surface area contributed by atoms with Crippen molar-refractivity contribution >= 4 is 33.4 Å². The van der Waals surface area contributed by atoms with Gasteiger partial charge >= 0.3 is 0 Å². The van der Waals surface area contributed by atoms with Crippen LogP contribution >= 0.6 is 11.6 Å². The number of piperidine rings is 1. The molecule has 1 aliphatic heterocycles. The van der Waals surface area contributed by atoms with Gasteiger partial charge in [-0.15, -0.1) is 0 Å². The molecule has 0 aliphatic carbocycles. The van der Waals surface area contributed by atoms with Crippen LogP contribution in [0.15, 0.2) is 36.4 Å². The molecule has 3 nitrogen and oxygen atoms in total. The van der Waals surface area contributed by atoms with Gasteiger partial charge in [-0.3, -0.25) is 0 Å². The Labute approximate surface area is 132 Å². The zero-order valence-electron chi connectivity index (χ0n) is 11.9. The van der Waals surface area contributed by atoms with Crippen molar-refractivity contribution < 1.29 is 9.50 Å². The van der Waals surface area contributed by atoms with Crippen molar-refractivity contribution in [2.45, 2.75) is 18.6 Å². The summed E-state index contributed by atoms with van der Waals surface area (Å²) in [4.78, 5) is 0. The molecule has 1 aliphatic rings. The molecule has 0 spiro atoms. The van der Waals surface area contributed by atoms with Crippen LogP contribution in [0.3, 0.4) is 0 Å². The molecule has 4 rings (SSSR count). The molecule has 2 N–H and O–H groups in total. The summed E-state index contributed by atoms with van der Waals surface area (Å²) >= 11 is 6.12.